The van der Waals surface area contributed by atoms with Gasteiger partial charge >= 0.3 is 5.69 Å². The SMILES string of the molecule is N#Cc1ccc(Cn2c(O)c(/C=C3\C=Nc4c3ccc(Cl)c4Br)[nH]c2=O)cc1. The first-order valence-corrected chi connectivity index (χ1v) is 9.40. The number of fused-ring (bicyclic) bond motifs is 1. The Bertz CT molecular complexity index is 1250. The van der Waals surface area contributed by atoms with E-state index in [0.29, 0.717) is 26.4 Å². The maximum atomic E-state index is 12.3. The third-order valence-corrected chi connectivity index (χ3v) is 5.77. The lowest BCUT2D eigenvalue weighted by Crippen LogP contribution is -2.17. The van der Waals surface area contributed by atoms with Crippen LogP contribution in [0.15, 0.2) is 50.7 Å². The maximum absolute atomic E-state index is 12.3. The first-order valence-electron chi connectivity index (χ1n) is 8.23. The quantitative estimate of drug-likeness (QED) is 0.610. The Morgan fingerprint density at radius 2 is 2.04 bits per heavy atom. The predicted octanol–water partition coefficient (Wildman–Crippen LogP) is 4.47. The van der Waals surface area contributed by atoms with Gasteiger partial charge in [-0.15, -0.1) is 0 Å². The van der Waals surface area contributed by atoms with Crippen molar-refractivity contribution in [2.24, 2.45) is 4.99 Å². The molecule has 0 radical (unpaired) electrons. The lowest BCUT2D eigenvalue weighted by atomic mass is 10.1. The summed E-state index contributed by atoms with van der Waals surface area (Å²) in [7, 11) is 0. The van der Waals surface area contributed by atoms with E-state index < -0.39 is 5.69 Å². The molecular weight excluding hydrogens is 444 g/mol. The number of allylic oxidation sites excluding steroid dienone is 1. The van der Waals surface area contributed by atoms with Gasteiger partial charge < -0.3 is 10.1 Å². The van der Waals surface area contributed by atoms with E-state index in [0.717, 1.165) is 16.7 Å². The molecule has 0 spiro atoms. The highest BCUT2D eigenvalue weighted by molar-refractivity contribution is 9.10. The molecule has 0 fully saturated rings. The number of aromatic hydroxyl groups is 1. The molecule has 6 nitrogen and oxygen atoms in total. The van der Waals surface area contributed by atoms with E-state index >= 15 is 0 Å². The zero-order valence-corrected chi connectivity index (χ0v) is 16.6. The van der Waals surface area contributed by atoms with Gasteiger partial charge in [-0.25, -0.2) is 4.79 Å². The molecule has 4 rings (SSSR count). The maximum Gasteiger partial charge on any atom is 0.329 e. The molecule has 0 unspecified atom stereocenters. The molecule has 1 aliphatic rings. The summed E-state index contributed by atoms with van der Waals surface area (Å²) in [6.07, 6.45) is 3.32. The van der Waals surface area contributed by atoms with E-state index in [1.165, 1.54) is 4.57 Å². The van der Waals surface area contributed by atoms with Crippen LogP contribution in [0.2, 0.25) is 5.02 Å². The summed E-state index contributed by atoms with van der Waals surface area (Å²) in [6, 6.07) is 12.5. The average molecular weight is 456 g/mol. The van der Waals surface area contributed by atoms with Crippen LogP contribution in [0.4, 0.5) is 5.69 Å². The van der Waals surface area contributed by atoms with Crippen molar-refractivity contribution in [3.05, 3.63) is 78.8 Å². The number of aromatic nitrogens is 2. The van der Waals surface area contributed by atoms with Crippen LogP contribution in [0.25, 0.3) is 11.6 Å². The van der Waals surface area contributed by atoms with Crippen LogP contribution in [0.3, 0.4) is 0 Å². The van der Waals surface area contributed by atoms with Crippen LogP contribution in [0.5, 0.6) is 5.88 Å². The smallest absolute Gasteiger partial charge is 0.329 e. The number of hydrogen-bond donors (Lipinski definition) is 2. The normalized spacial score (nSPS) is 13.7. The largest absolute Gasteiger partial charge is 0.493 e. The van der Waals surface area contributed by atoms with Crippen molar-refractivity contribution in [2.75, 3.05) is 0 Å². The zero-order chi connectivity index (χ0) is 19.8. The number of aromatic amines is 1. The van der Waals surface area contributed by atoms with Gasteiger partial charge in [0.05, 0.1) is 33.4 Å². The molecular formula is C20H12BrClN4O2. The molecule has 138 valence electrons. The van der Waals surface area contributed by atoms with E-state index in [4.69, 9.17) is 16.9 Å². The van der Waals surface area contributed by atoms with Gasteiger partial charge in [-0.05, 0) is 45.8 Å². The fourth-order valence-electron chi connectivity index (χ4n) is 2.97. The third-order valence-electron chi connectivity index (χ3n) is 4.42. The van der Waals surface area contributed by atoms with Crippen LogP contribution in [0, 0.1) is 11.3 Å². The van der Waals surface area contributed by atoms with Gasteiger partial charge in [-0.2, -0.15) is 5.26 Å². The summed E-state index contributed by atoms with van der Waals surface area (Å²) in [5.41, 5.74) is 3.48. The van der Waals surface area contributed by atoms with E-state index in [9.17, 15) is 9.90 Å². The molecule has 0 amide bonds. The monoisotopic (exact) mass is 454 g/mol. The molecule has 2 aromatic carbocycles. The highest BCUT2D eigenvalue weighted by Gasteiger charge is 2.19. The minimum Gasteiger partial charge on any atom is -0.493 e. The molecule has 1 aromatic heterocycles. The number of nitrogens with zero attached hydrogens (tertiary/aromatic N) is 3. The van der Waals surface area contributed by atoms with Crippen molar-refractivity contribution < 1.29 is 5.11 Å². The van der Waals surface area contributed by atoms with Gasteiger partial charge in [-0.3, -0.25) is 9.56 Å². The van der Waals surface area contributed by atoms with Crippen LogP contribution < -0.4 is 5.69 Å². The molecule has 8 heteroatoms. The standard InChI is InChI=1S/C20H12BrClN4O2/c21-17-15(22)6-5-14-13(9-24-18(14)17)7-16-19(27)26(20(28)25-16)10-12-3-1-11(8-23)2-4-12/h1-7,9,27H,10H2,(H,25,28)/b13-7+. The van der Waals surface area contributed by atoms with Gasteiger partial charge in [0.15, 0.2) is 0 Å². The van der Waals surface area contributed by atoms with Crippen molar-refractivity contribution in [2.45, 2.75) is 6.54 Å². The highest BCUT2D eigenvalue weighted by Crippen LogP contribution is 2.42. The van der Waals surface area contributed by atoms with Crippen LogP contribution in [-0.2, 0) is 6.54 Å². The first-order chi connectivity index (χ1) is 13.5. The molecule has 0 bridgehead atoms. The van der Waals surface area contributed by atoms with Gasteiger partial charge in [-0.1, -0.05) is 29.8 Å². The minimum atomic E-state index is -0.429. The topological polar surface area (TPSA) is 94.2 Å². The lowest BCUT2D eigenvalue weighted by Gasteiger charge is -2.05. The highest BCUT2D eigenvalue weighted by atomic mass is 79.9. The molecule has 28 heavy (non-hydrogen) atoms. The Kier molecular flexibility index (Phi) is 4.67. The predicted molar refractivity (Wildman–Crippen MR) is 112 cm³/mol. The van der Waals surface area contributed by atoms with Crippen molar-refractivity contribution in [1.82, 2.24) is 9.55 Å². The molecule has 0 saturated heterocycles. The summed E-state index contributed by atoms with van der Waals surface area (Å²) >= 11 is 9.51. The average Bonchev–Trinajstić information content (AvgIpc) is 3.22. The molecule has 0 atom stereocenters. The summed E-state index contributed by atoms with van der Waals surface area (Å²) in [6.45, 7) is 0.182. The summed E-state index contributed by atoms with van der Waals surface area (Å²) in [5, 5.41) is 20.0. The summed E-state index contributed by atoms with van der Waals surface area (Å²) in [5.74, 6) is -0.170. The number of nitriles is 1. The van der Waals surface area contributed by atoms with E-state index in [1.54, 1.807) is 42.6 Å². The molecule has 2 N–H and O–H groups in total. The van der Waals surface area contributed by atoms with E-state index in [1.807, 2.05) is 12.1 Å². The van der Waals surface area contributed by atoms with Crippen LogP contribution in [-0.4, -0.2) is 20.9 Å². The molecule has 1 aliphatic heterocycles. The molecule has 3 aromatic rings. The Balaban J connectivity index is 1.69. The second kappa shape index (κ2) is 7.15. The summed E-state index contributed by atoms with van der Waals surface area (Å²) < 4.78 is 1.93. The zero-order valence-electron chi connectivity index (χ0n) is 14.3. The number of rotatable bonds is 3. The van der Waals surface area contributed by atoms with Crippen LogP contribution >= 0.6 is 27.5 Å². The van der Waals surface area contributed by atoms with Gasteiger partial charge in [0.25, 0.3) is 0 Å². The number of H-pyrrole nitrogens is 1. The fourth-order valence-corrected chi connectivity index (χ4v) is 3.57. The van der Waals surface area contributed by atoms with E-state index in [-0.39, 0.29) is 12.4 Å². The number of halogens is 2. The lowest BCUT2D eigenvalue weighted by molar-refractivity contribution is 0.420. The third kappa shape index (κ3) is 3.17. The van der Waals surface area contributed by atoms with Gasteiger partial charge in [0.2, 0.25) is 5.88 Å². The van der Waals surface area contributed by atoms with Gasteiger partial charge in [0.1, 0.15) is 5.69 Å². The van der Waals surface area contributed by atoms with Crippen molar-refractivity contribution in [3.8, 4) is 11.9 Å². The van der Waals surface area contributed by atoms with E-state index in [2.05, 4.69) is 25.9 Å². The van der Waals surface area contributed by atoms with Crippen LogP contribution in [0.1, 0.15) is 22.4 Å². The van der Waals surface area contributed by atoms with Crippen molar-refractivity contribution in [1.29, 1.82) is 5.26 Å². The number of imidazole rings is 1. The number of benzene rings is 2. The second-order valence-electron chi connectivity index (χ2n) is 6.18. The minimum absolute atomic E-state index is 0.170. The van der Waals surface area contributed by atoms with Crippen molar-refractivity contribution in [3.63, 3.8) is 0 Å². The Morgan fingerprint density at radius 1 is 1.29 bits per heavy atom. The van der Waals surface area contributed by atoms with Crippen molar-refractivity contribution >= 4 is 51.1 Å². The second-order valence-corrected chi connectivity index (χ2v) is 7.38. The Hall–Kier alpha value is -3.08. The molecule has 0 aliphatic carbocycles. The summed E-state index contributed by atoms with van der Waals surface area (Å²) in [4.78, 5) is 19.3. The Morgan fingerprint density at radius 3 is 2.75 bits per heavy atom. The van der Waals surface area contributed by atoms with Gasteiger partial charge in [0, 0.05) is 17.4 Å². The molecule has 0 saturated carbocycles. The number of hydrogen-bond acceptors (Lipinski definition) is 4. The number of nitrogens with one attached hydrogen (secondary N) is 1. The molecule has 2 heterocycles. The number of aliphatic imine (C=N–C) groups is 1. The Labute approximate surface area is 173 Å². The fraction of sp³-hybridized carbons (Fsp3) is 0.0500. The first kappa shape index (κ1) is 18.3.